The number of anilines is 1. The van der Waals surface area contributed by atoms with Crippen molar-refractivity contribution < 1.29 is 14.3 Å². The van der Waals surface area contributed by atoms with E-state index < -0.39 is 6.04 Å². The Labute approximate surface area is 136 Å². The molecule has 1 heterocycles. The first kappa shape index (κ1) is 16.1. The van der Waals surface area contributed by atoms with E-state index in [4.69, 9.17) is 28.6 Å². The maximum atomic E-state index is 11.8. The summed E-state index contributed by atoms with van der Waals surface area (Å²) in [6, 6.07) is 6.58. The minimum absolute atomic E-state index is 0.138. The normalized spacial score (nSPS) is 17.2. The molecular weight excluding hydrogens is 332 g/mol. The quantitative estimate of drug-likeness (QED) is 0.644. The van der Waals surface area contributed by atoms with E-state index in [-0.39, 0.29) is 17.6 Å². The fraction of sp³-hybridized carbons (Fsp3) is 0.308. The third kappa shape index (κ3) is 4.87. The first-order chi connectivity index (χ1) is 10.1. The third-order valence-corrected chi connectivity index (χ3v) is 4.30. The van der Waals surface area contributed by atoms with Crippen LogP contribution in [0.1, 0.15) is 6.42 Å². The molecule has 1 aliphatic heterocycles. The highest BCUT2D eigenvalue weighted by molar-refractivity contribution is 8.23. The van der Waals surface area contributed by atoms with Gasteiger partial charge in [-0.05, 0) is 12.1 Å². The summed E-state index contributed by atoms with van der Waals surface area (Å²) in [7, 11) is 0. The van der Waals surface area contributed by atoms with Crippen molar-refractivity contribution in [3.8, 4) is 0 Å². The van der Waals surface area contributed by atoms with E-state index in [2.05, 4.69) is 10.6 Å². The summed E-state index contributed by atoms with van der Waals surface area (Å²) >= 11 is 12.2. The highest BCUT2D eigenvalue weighted by atomic mass is 35.5. The number of rotatable bonds is 4. The molecule has 2 N–H and O–H groups in total. The number of nitrogens with one attached hydrogen (secondary N) is 2. The number of hydrogen-bond donors (Lipinski definition) is 2. The van der Waals surface area contributed by atoms with Crippen LogP contribution >= 0.6 is 35.6 Å². The molecule has 5 nitrogen and oxygen atoms in total. The lowest BCUT2D eigenvalue weighted by molar-refractivity contribution is -0.139. The maximum absolute atomic E-state index is 11.8. The van der Waals surface area contributed by atoms with Crippen LogP contribution in [0, 0.1) is 0 Å². The summed E-state index contributed by atoms with van der Waals surface area (Å²) in [6.07, 6.45) is 0.589. The SMILES string of the molecule is O=C(CSC(=S)N[C@H]1CCOC1=O)Nc1ccccc1Cl. The maximum Gasteiger partial charge on any atom is 0.328 e. The van der Waals surface area contributed by atoms with Gasteiger partial charge in [0, 0.05) is 6.42 Å². The second-order valence-electron chi connectivity index (χ2n) is 4.26. The second-order valence-corrected chi connectivity index (χ2v) is 6.32. The Morgan fingerprint density at radius 3 is 2.90 bits per heavy atom. The van der Waals surface area contributed by atoms with Gasteiger partial charge in [-0.3, -0.25) is 4.79 Å². The molecule has 8 heteroatoms. The Balaban J connectivity index is 1.75. The number of ether oxygens (including phenoxy) is 1. The molecule has 1 fully saturated rings. The molecule has 0 aliphatic carbocycles. The molecule has 1 amide bonds. The highest BCUT2D eigenvalue weighted by Gasteiger charge is 2.26. The lowest BCUT2D eigenvalue weighted by Gasteiger charge is -2.11. The van der Waals surface area contributed by atoms with Gasteiger partial charge in [0.05, 0.1) is 23.1 Å². The monoisotopic (exact) mass is 344 g/mol. The second kappa shape index (κ2) is 7.63. The van der Waals surface area contributed by atoms with Gasteiger partial charge in [-0.15, -0.1) is 0 Å². The zero-order valence-electron chi connectivity index (χ0n) is 10.9. The van der Waals surface area contributed by atoms with Crippen molar-refractivity contribution in [1.82, 2.24) is 5.32 Å². The number of thioether (sulfide) groups is 1. The number of amides is 1. The molecule has 0 spiro atoms. The Morgan fingerprint density at radius 1 is 1.48 bits per heavy atom. The third-order valence-electron chi connectivity index (χ3n) is 2.71. The van der Waals surface area contributed by atoms with E-state index in [0.717, 1.165) is 11.8 Å². The number of esters is 1. The number of benzene rings is 1. The predicted molar refractivity (Wildman–Crippen MR) is 87.6 cm³/mol. The molecule has 21 heavy (non-hydrogen) atoms. The fourth-order valence-electron chi connectivity index (χ4n) is 1.69. The first-order valence-corrected chi connectivity index (χ1v) is 7.98. The van der Waals surface area contributed by atoms with Crippen molar-refractivity contribution in [3.63, 3.8) is 0 Å². The average Bonchev–Trinajstić information content (AvgIpc) is 2.85. The van der Waals surface area contributed by atoms with Crippen LogP contribution in [0.5, 0.6) is 0 Å². The molecular formula is C13H13ClN2O3S2. The van der Waals surface area contributed by atoms with Crippen LogP contribution in [0.2, 0.25) is 5.02 Å². The van der Waals surface area contributed by atoms with Crippen molar-refractivity contribution in [2.24, 2.45) is 0 Å². The lowest BCUT2D eigenvalue weighted by atomic mass is 10.3. The highest BCUT2D eigenvalue weighted by Crippen LogP contribution is 2.20. The van der Waals surface area contributed by atoms with E-state index in [1.807, 2.05) is 0 Å². The van der Waals surface area contributed by atoms with Crippen LogP contribution in [0.3, 0.4) is 0 Å². The molecule has 1 aromatic rings. The minimum Gasteiger partial charge on any atom is -0.464 e. The van der Waals surface area contributed by atoms with Crippen LogP contribution in [0.4, 0.5) is 5.69 Å². The Morgan fingerprint density at radius 2 is 2.24 bits per heavy atom. The van der Waals surface area contributed by atoms with Crippen LogP contribution in [-0.4, -0.2) is 34.6 Å². The summed E-state index contributed by atoms with van der Waals surface area (Å²) in [5.41, 5.74) is 0.558. The Kier molecular flexibility index (Phi) is 5.84. The van der Waals surface area contributed by atoms with Gasteiger partial charge in [0.15, 0.2) is 0 Å². The van der Waals surface area contributed by atoms with Crippen LogP contribution in [-0.2, 0) is 14.3 Å². The molecule has 0 radical (unpaired) electrons. The van der Waals surface area contributed by atoms with Crippen molar-refractivity contribution >= 4 is 57.5 Å². The summed E-state index contributed by atoms with van der Waals surface area (Å²) in [5.74, 6) is -0.386. The van der Waals surface area contributed by atoms with Crippen LogP contribution in [0.25, 0.3) is 0 Å². The molecule has 0 saturated carbocycles. The van der Waals surface area contributed by atoms with E-state index in [1.165, 1.54) is 0 Å². The zero-order valence-corrected chi connectivity index (χ0v) is 13.3. The standard InChI is InChI=1S/C13H13ClN2O3S2/c14-8-3-1-2-4-9(8)15-11(17)7-21-13(20)16-10-5-6-19-12(10)18/h1-4,10H,5-7H2,(H,15,17)(H,16,20)/t10-/m0/s1. The predicted octanol–water partition coefficient (Wildman–Crippen LogP) is 2.20. The molecule has 1 atom stereocenters. The van der Waals surface area contributed by atoms with Gasteiger partial charge in [0.25, 0.3) is 0 Å². The van der Waals surface area contributed by atoms with E-state index in [1.54, 1.807) is 24.3 Å². The molecule has 1 saturated heterocycles. The smallest absolute Gasteiger partial charge is 0.328 e. The number of hydrogen-bond acceptors (Lipinski definition) is 5. The topological polar surface area (TPSA) is 67.4 Å². The number of cyclic esters (lactones) is 1. The van der Waals surface area contributed by atoms with Crippen molar-refractivity contribution in [2.75, 3.05) is 17.7 Å². The molecule has 112 valence electrons. The number of halogens is 1. The summed E-state index contributed by atoms with van der Waals surface area (Å²) in [6.45, 7) is 0.400. The molecule has 0 unspecified atom stereocenters. The van der Waals surface area contributed by atoms with E-state index in [0.29, 0.717) is 28.1 Å². The lowest BCUT2D eigenvalue weighted by Crippen LogP contribution is -2.36. The number of thiocarbonyl (C=S) groups is 1. The van der Waals surface area contributed by atoms with E-state index in [9.17, 15) is 9.59 Å². The molecule has 1 aliphatic rings. The zero-order chi connectivity index (χ0) is 15.2. The van der Waals surface area contributed by atoms with Gasteiger partial charge >= 0.3 is 5.97 Å². The number of para-hydroxylation sites is 1. The minimum atomic E-state index is -0.406. The van der Waals surface area contributed by atoms with Crippen LogP contribution < -0.4 is 10.6 Å². The number of carbonyl (C=O) groups excluding carboxylic acids is 2. The number of carbonyl (C=O) groups is 2. The van der Waals surface area contributed by atoms with Gasteiger partial charge < -0.3 is 15.4 Å². The summed E-state index contributed by atoms with van der Waals surface area (Å²) < 4.78 is 5.22. The van der Waals surface area contributed by atoms with Crippen LogP contribution in [0.15, 0.2) is 24.3 Å². The van der Waals surface area contributed by atoms with Gasteiger partial charge in [-0.25, -0.2) is 4.79 Å². The van der Waals surface area contributed by atoms with Crippen molar-refractivity contribution in [2.45, 2.75) is 12.5 Å². The van der Waals surface area contributed by atoms with Gasteiger partial charge in [0.2, 0.25) is 5.91 Å². The van der Waals surface area contributed by atoms with Crippen molar-refractivity contribution in [1.29, 1.82) is 0 Å². The van der Waals surface area contributed by atoms with Gasteiger partial charge in [-0.1, -0.05) is 47.7 Å². The van der Waals surface area contributed by atoms with Gasteiger partial charge in [0.1, 0.15) is 10.4 Å². The molecule has 0 bridgehead atoms. The Bertz CT molecular complexity index is 568. The molecule has 2 rings (SSSR count). The average molecular weight is 345 g/mol. The molecule has 0 aromatic heterocycles. The molecule has 1 aromatic carbocycles. The fourth-order valence-corrected chi connectivity index (χ4v) is 2.75. The summed E-state index contributed by atoms with van der Waals surface area (Å²) in [5, 5.41) is 6.05. The first-order valence-electron chi connectivity index (χ1n) is 6.20. The van der Waals surface area contributed by atoms with Gasteiger partial charge in [-0.2, -0.15) is 0 Å². The van der Waals surface area contributed by atoms with E-state index >= 15 is 0 Å². The largest absolute Gasteiger partial charge is 0.464 e. The Hall–Kier alpha value is -1.31. The van der Waals surface area contributed by atoms with Crippen molar-refractivity contribution in [3.05, 3.63) is 29.3 Å². The summed E-state index contributed by atoms with van der Waals surface area (Å²) in [4.78, 5) is 23.1.